The van der Waals surface area contributed by atoms with Crippen LogP contribution >= 0.6 is 0 Å². The topological polar surface area (TPSA) is 73.8 Å². The Labute approximate surface area is 118 Å². The lowest BCUT2D eigenvalue weighted by Gasteiger charge is -2.36. The van der Waals surface area contributed by atoms with Crippen molar-refractivity contribution in [1.29, 1.82) is 0 Å². The minimum absolute atomic E-state index is 0.0705. The minimum atomic E-state index is -0.721. The van der Waals surface area contributed by atoms with Crippen molar-refractivity contribution in [3.8, 4) is 5.69 Å². The lowest BCUT2D eigenvalue weighted by molar-refractivity contribution is 0.0726. The van der Waals surface area contributed by atoms with Gasteiger partial charge in [0.25, 0.3) is 0 Å². The van der Waals surface area contributed by atoms with Gasteiger partial charge in [0.1, 0.15) is 5.69 Å². The van der Waals surface area contributed by atoms with Crippen molar-refractivity contribution in [2.24, 2.45) is 11.1 Å². The summed E-state index contributed by atoms with van der Waals surface area (Å²) >= 11 is 0. The predicted octanol–water partition coefficient (Wildman–Crippen LogP) is 2.21. The highest BCUT2D eigenvalue weighted by atomic mass is 16.1. The second-order valence-corrected chi connectivity index (χ2v) is 6.04. The zero-order chi connectivity index (χ0) is 15.0. The molecule has 1 aromatic heterocycles. The molecule has 0 atom stereocenters. The van der Waals surface area contributed by atoms with Gasteiger partial charge in [-0.2, -0.15) is 0 Å². The van der Waals surface area contributed by atoms with Crippen LogP contribution in [-0.4, -0.2) is 26.3 Å². The van der Waals surface area contributed by atoms with E-state index in [1.807, 2.05) is 58.0 Å². The maximum Gasteiger partial charge on any atom is 0.190 e. The van der Waals surface area contributed by atoms with Crippen molar-refractivity contribution < 1.29 is 4.79 Å². The number of nitrogens with two attached hydrogens (primary N) is 1. The van der Waals surface area contributed by atoms with Crippen LogP contribution in [-0.2, 0) is 0 Å². The molecule has 106 valence electrons. The second-order valence-electron chi connectivity index (χ2n) is 6.04. The molecule has 0 saturated carbocycles. The zero-order valence-electron chi connectivity index (χ0n) is 12.3. The number of hydrogen-bond donors (Lipinski definition) is 1. The van der Waals surface area contributed by atoms with Crippen LogP contribution < -0.4 is 5.73 Å². The smallest absolute Gasteiger partial charge is 0.190 e. The third-order valence-electron chi connectivity index (χ3n) is 3.96. The SMILES string of the molecule is CC(C)(N)C(C)(C)C(=O)c1cnnn1-c1ccccc1. The summed E-state index contributed by atoms with van der Waals surface area (Å²) in [5.74, 6) is -0.0705. The summed E-state index contributed by atoms with van der Waals surface area (Å²) in [5.41, 5.74) is 6.02. The van der Waals surface area contributed by atoms with Gasteiger partial charge in [-0.15, -0.1) is 5.10 Å². The van der Waals surface area contributed by atoms with Crippen molar-refractivity contribution in [2.45, 2.75) is 33.2 Å². The number of rotatable bonds is 4. The van der Waals surface area contributed by atoms with E-state index in [4.69, 9.17) is 5.73 Å². The Morgan fingerprint density at radius 2 is 1.75 bits per heavy atom. The number of aromatic nitrogens is 3. The number of hydrogen-bond acceptors (Lipinski definition) is 4. The fraction of sp³-hybridized carbons (Fsp3) is 0.400. The number of ketones is 1. The van der Waals surface area contributed by atoms with Gasteiger partial charge in [-0.1, -0.05) is 37.3 Å². The van der Waals surface area contributed by atoms with Crippen LogP contribution in [0.15, 0.2) is 36.5 Å². The van der Waals surface area contributed by atoms with E-state index in [0.29, 0.717) is 5.69 Å². The third-order valence-corrected chi connectivity index (χ3v) is 3.96. The first kappa shape index (κ1) is 14.4. The van der Waals surface area contributed by atoms with Crippen molar-refractivity contribution in [2.75, 3.05) is 0 Å². The highest BCUT2D eigenvalue weighted by Gasteiger charge is 2.42. The Balaban J connectivity index is 2.46. The highest BCUT2D eigenvalue weighted by molar-refractivity contribution is 5.99. The summed E-state index contributed by atoms with van der Waals surface area (Å²) in [7, 11) is 0. The van der Waals surface area contributed by atoms with Gasteiger partial charge in [-0.3, -0.25) is 4.79 Å². The first-order valence-corrected chi connectivity index (χ1v) is 6.55. The lowest BCUT2D eigenvalue weighted by atomic mass is 9.71. The molecule has 5 heteroatoms. The van der Waals surface area contributed by atoms with Gasteiger partial charge in [0.2, 0.25) is 0 Å². The number of carbonyl (C=O) groups excluding carboxylic acids is 1. The molecule has 0 bridgehead atoms. The Morgan fingerprint density at radius 3 is 2.30 bits per heavy atom. The average Bonchev–Trinajstić information content (AvgIpc) is 2.86. The second kappa shape index (κ2) is 4.83. The first-order valence-electron chi connectivity index (χ1n) is 6.55. The van der Waals surface area contributed by atoms with Crippen molar-refractivity contribution in [3.63, 3.8) is 0 Å². The Morgan fingerprint density at radius 1 is 1.15 bits per heavy atom. The van der Waals surface area contributed by atoms with Crippen LogP contribution in [0, 0.1) is 5.41 Å². The van der Waals surface area contributed by atoms with Gasteiger partial charge in [-0.25, -0.2) is 4.68 Å². The van der Waals surface area contributed by atoms with Crippen LogP contribution in [0.1, 0.15) is 38.2 Å². The zero-order valence-corrected chi connectivity index (χ0v) is 12.3. The van der Waals surface area contributed by atoms with Crippen LogP contribution in [0.2, 0.25) is 0 Å². The van der Waals surface area contributed by atoms with Crippen LogP contribution in [0.25, 0.3) is 5.69 Å². The molecule has 0 aliphatic carbocycles. The summed E-state index contributed by atoms with van der Waals surface area (Å²) in [4.78, 5) is 12.8. The number of para-hydroxylation sites is 1. The first-order chi connectivity index (χ1) is 9.25. The standard InChI is InChI=1S/C15H20N4O/c1-14(2,15(3,4)16)13(20)12-10-17-18-19(12)11-8-6-5-7-9-11/h5-10H,16H2,1-4H3. The molecule has 0 unspecified atom stereocenters. The highest BCUT2D eigenvalue weighted by Crippen LogP contribution is 2.32. The summed E-state index contributed by atoms with van der Waals surface area (Å²) < 4.78 is 1.55. The van der Waals surface area contributed by atoms with E-state index in [-0.39, 0.29) is 5.78 Å². The van der Waals surface area contributed by atoms with Crippen molar-refractivity contribution >= 4 is 5.78 Å². The van der Waals surface area contributed by atoms with Gasteiger partial charge < -0.3 is 5.73 Å². The quantitative estimate of drug-likeness (QED) is 0.866. The molecule has 0 saturated heterocycles. The van der Waals surface area contributed by atoms with Crippen molar-refractivity contribution in [3.05, 3.63) is 42.2 Å². The molecule has 0 amide bonds. The molecule has 5 nitrogen and oxygen atoms in total. The molecule has 0 aliphatic rings. The Bertz CT molecular complexity index is 608. The molecule has 0 spiro atoms. The number of nitrogens with zero attached hydrogens (tertiary/aromatic N) is 3. The van der Waals surface area contributed by atoms with E-state index in [0.717, 1.165) is 5.69 Å². The van der Waals surface area contributed by atoms with E-state index in [1.54, 1.807) is 4.68 Å². The fourth-order valence-corrected chi connectivity index (χ4v) is 1.76. The van der Waals surface area contributed by atoms with E-state index < -0.39 is 11.0 Å². The monoisotopic (exact) mass is 272 g/mol. The molecule has 0 fully saturated rings. The summed E-state index contributed by atoms with van der Waals surface area (Å²) in [6.07, 6.45) is 1.49. The Kier molecular flexibility index (Phi) is 3.48. The molecular formula is C15H20N4O. The lowest BCUT2D eigenvalue weighted by Crippen LogP contribution is -2.52. The van der Waals surface area contributed by atoms with E-state index in [2.05, 4.69) is 10.3 Å². The maximum absolute atomic E-state index is 12.8. The molecule has 2 N–H and O–H groups in total. The van der Waals surface area contributed by atoms with Crippen LogP contribution in [0.5, 0.6) is 0 Å². The molecule has 1 heterocycles. The predicted molar refractivity (Wildman–Crippen MR) is 77.7 cm³/mol. The van der Waals surface area contributed by atoms with Gasteiger partial charge in [-0.05, 0) is 26.0 Å². The van der Waals surface area contributed by atoms with Gasteiger partial charge >= 0.3 is 0 Å². The third kappa shape index (κ3) is 2.36. The van der Waals surface area contributed by atoms with E-state index in [9.17, 15) is 4.79 Å². The number of carbonyl (C=O) groups is 1. The largest absolute Gasteiger partial charge is 0.325 e. The fourth-order valence-electron chi connectivity index (χ4n) is 1.76. The van der Waals surface area contributed by atoms with Crippen LogP contribution in [0.3, 0.4) is 0 Å². The summed E-state index contributed by atoms with van der Waals surface area (Å²) in [6.45, 7) is 7.39. The van der Waals surface area contributed by atoms with Gasteiger partial charge in [0, 0.05) is 11.0 Å². The number of Topliss-reactive ketones (excluding diaryl/α,β-unsaturated/α-hetero) is 1. The average molecular weight is 272 g/mol. The molecular weight excluding hydrogens is 252 g/mol. The molecule has 0 aliphatic heterocycles. The minimum Gasteiger partial charge on any atom is -0.325 e. The van der Waals surface area contributed by atoms with E-state index in [1.165, 1.54) is 6.20 Å². The normalized spacial score (nSPS) is 12.4. The summed E-state index contributed by atoms with van der Waals surface area (Å²) in [5, 5.41) is 7.87. The summed E-state index contributed by atoms with van der Waals surface area (Å²) in [6, 6.07) is 9.46. The Hall–Kier alpha value is -2.01. The van der Waals surface area contributed by atoms with Crippen LogP contribution in [0.4, 0.5) is 0 Å². The van der Waals surface area contributed by atoms with Gasteiger partial charge in [0.05, 0.1) is 11.9 Å². The molecule has 2 aromatic rings. The van der Waals surface area contributed by atoms with Crippen molar-refractivity contribution in [1.82, 2.24) is 15.0 Å². The molecule has 1 aromatic carbocycles. The molecule has 0 radical (unpaired) electrons. The number of benzene rings is 1. The maximum atomic E-state index is 12.8. The molecule has 20 heavy (non-hydrogen) atoms. The molecule has 2 rings (SSSR count). The van der Waals surface area contributed by atoms with E-state index >= 15 is 0 Å². The van der Waals surface area contributed by atoms with Gasteiger partial charge in [0.15, 0.2) is 5.78 Å².